The van der Waals surface area contributed by atoms with Crippen LogP contribution in [0.1, 0.15) is 26.0 Å². The van der Waals surface area contributed by atoms with Crippen molar-refractivity contribution in [2.24, 2.45) is 0 Å². The largest absolute Gasteiger partial charge is 2.00 e. The van der Waals surface area contributed by atoms with E-state index in [2.05, 4.69) is 0 Å². The standard InChI is InChI=1S/C5H10O3.2Ca.4H/c1-5(2,8)3-4(6)7;;;;;;/h8H,3H2,1-2H3,(H,6,7);;;;;;/q;2*+2;4*-1. The quantitative estimate of drug-likeness (QED) is 0.616. The van der Waals surface area contributed by atoms with E-state index in [1.54, 1.807) is 0 Å². The predicted octanol–water partition coefficient (Wildman–Crippen LogP) is -0.0796. The molecule has 0 saturated carbocycles. The normalized spacial score (nSPS) is 9.10. The second-order valence-corrected chi connectivity index (χ2v) is 2.38. The molecule has 0 saturated heterocycles. The molecule has 0 aliphatic heterocycles. The van der Waals surface area contributed by atoms with E-state index >= 15 is 0 Å². The van der Waals surface area contributed by atoms with Crippen molar-refractivity contribution in [3.05, 3.63) is 0 Å². The average Bonchev–Trinajstić information content (AvgIpc) is 1.21. The first-order valence-corrected chi connectivity index (χ1v) is 2.36. The summed E-state index contributed by atoms with van der Waals surface area (Å²) in [6.07, 6.45) is -0.201. The van der Waals surface area contributed by atoms with Gasteiger partial charge in [0.2, 0.25) is 0 Å². The summed E-state index contributed by atoms with van der Waals surface area (Å²) >= 11 is 0. The van der Waals surface area contributed by atoms with Crippen LogP contribution >= 0.6 is 0 Å². The number of hydrogen-bond donors (Lipinski definition) is 2. The number of carboxylic acids is 1. The van der Waals surface area contributed by atoms with Crippen LogP contribution in [-0.2, 0) is 4.79 Å². The Morgan fingerprint density at radius 1 is 1.50 bits per heavy atom. The molecule has 5 heteroatoms. The number of carbonyl (C=O) groups is 1. The van der Waals surface area contributed by atoms with Gasteiger partial charge in [0, 0.05) is 0 Å². The molecule has 3 nitrogen and oxygen atoms in total. The molecule has 0 amide bonds. The van der Waals surface area contributed by atoms with Gasteiger partial charge in [0.05, 0.1) is 12.0 Å². The Labute approximate surface area is 126 Å². The van der Waals surface area contributed by atoms with Crippen LogP contribution in [0.3, 0.4) is 0 Å². The van der Waals surface area contributed by atoms with E-state index in [0.717, 1.165) is 0 Å². The zero-order chi connectivity index (χ0) is 6.78. The molecular formula is C5H14Ca2O3. The summed E-state index contributed by atoms with van der Waals surface area (Å²) in [6, 6.07) is 0. The maximum Gasteiger partial charge on any atom is 2.00 e. The van der Waals surface area contributed by atoms with Crippen molar-refractivity contribution in [2.45, 2.75) is 25.9 Å². The molecule has 0 aromatic carbocycles. The Hall–Kier alpha value is 1.95. The van der Waals surface area contributed by atoms with Crippen molar-refractivity contribution in [2.75, 3.05) is 0 Å². The van der Waals surface area contributed by atoms with E-state index in [4.69, 9.17) is 10.2 Å². The van der Waals surface area contributed by atoms with Crippen molar-refractivity contribution >= 4 is 81.4 Å². The van der Waals surface area contributed by atoms with Crippen LogP contribution in [0, 0.1) is 0 Å². The molecule has 0 aliphatic rings. The molecule has 0 fully saturated rings. The van der Waals surface area contributed by atoms with Crippen LogP contribution in [0.2, 0.25) is 0 Å². The molecule has 10 heavy (non-hydrogen) atoms. The van der Waals surface area contributed by atoms with Gasteiger partial charge in [-0.25, -0.2) is 0 Å². The van der Waals surface area contributed by atoms with Crippen molar-refractivity contribution in [3.8, 4) is 0 Å². The van der Waals surface area contributed by atoms with Gasteiger partial charge >= 0.3 is 81.4 Å². The average molecular weight is 202 g/mol. The van der Waals surface area contributed by atoms with Gasteiger partial charge in [-0.1, -0.05) is 0 Å². The maximum absolute atomic E-state index is 9.85. The molecule has 0 aromatic heterocycles. The van der Waals surface area contributed by atoms with Crippen LogP contribution in [0.5, 0.6) is 0 Å². The maximum atomic E-state index is 9.85. The van der Waals surface area contributed by atoms with E-state index in [0.29, 0.717) is 0 Å². The smallest absolute Gasteiger partial charge is 1.00 e. The molecule has 0 heterocycles. The van der Waals surface area contributed by atoms with Crippen LogP contribution < -0.4 is 0 Å². The molecular weight excluding hydrogens is 188 g/mol. The van der Waals surface area contributed by atoms with Gasteiger partial charge in [0.1, 0.15) is 0 Å². The molecule has 2 N–H and O–H groups in total. The third-order valence-electron chi connectivity index (χ3n) is 0.584. The van der Waals surface area contributed by atoms with Crippen LogP contribution in [-0.4, -0.2) is 97.3 Å². The molecule has 0 bridgehead atoms. The number of aliphatic hydroxyl groups is 1. The molecule has 0 atom stereocenters. The Kier molecular flexibility index (Phi) is 13.6. The third-order valence-corrected chi connectivity index (χ3v) is 0.584. The van der Waals surface area contributed by atoms with E-state index in [9.17, 15) is 4.79 Å². The van der Waals surface area contributed by atoms with Crippen LogP contribution in [0.15, 0.2) is 0 Å². The number of carboxylic acid groups (broad SMARTS) is 1. The summed E-state index contributed by atoms with van der Waals surface area (Å²) < 4.78 is 0. The third kappa shape index (κ3) is 16.5. The molecule has 0 spiro atoms. The Morgan fingerprint density at radius 2 is 1.80 bits per heavy atom. The topological polar surface area (TPSA) is 57.5 Å². The van der Waals surface area contributed by atoms with Gasteiger partial charge < -0.3 is 15.9 Å². The minimum absolute atomic E-state index is 0. The molecule has 0 rings (SSSR count). The fourth-order valence-corrected chi connectivity index (χ4v) is 0.370. The molecule has 0 radical (unpaired) electrons. The van der Waals surface area contributed by atoms with Crippen molar-refractivity contribution in [3.63, 3.8) is 0 Å². The van der Waals surface area contributed by atoms with Crippen molar-refractivity contribution in [1.29, 1.82) is 0 Å². The van der Waals surface area contributed by atoms with E-state index in [-0.39, 0.29) is 87.6 Å². The first kappa shape index (κ1) is 17.9. The summed E-state index contributed by atoms with van der Waals surface area (Å²) in [7, 11) is 0. The summed E-state index contributed by atoms with van der Waals surface area (Å²) in [6.45, 7) is 2.92. The van der Waals surface area contributed by atoms with Crippen LogP contribution in [0.4, 0.5) is 0 Å². The van der Waals surface area contributed by atoms with Gasteiger partial charge in [-0.3, -0.25) is 4.79 Å². The summed E-state index contributed by atoms with van der Waals surface area (Å²) in [5, 5.41) is 16.9. The fraction of sp³-hybridized carbons (Fsp3) is 0.800. The monoisotopic (exact) mass is 202 g/mol. The van der Waals surface area contributed by atoms with Gasteiger partial charge in [-0.2, -0.15) is 0 Å². The van der Waals surface area contributed by atoms with E-state index < -0.39 is 11.6 Å². The van der Waals surface area contributed by atoms with E-state index in [1.807, 2.05) is 0 Å². The zero-order valence-corrected chi connectivity index (χ0v) is 10.8. The van der Waals surface area contributed by atoms with Crippen molar-refractivity contribution < 1.29 is 20.7 Å². The second kappa shape index (κ2) is 7.59. The van der Waals surface area contributed by atoms with Gasteiger partial charge in [-0.05, 0) is 13.8 Å². The van der Waals surface area contributed by atoms with Gasteiger partial charge in [-0.15, -0.1) is 0 Å². The first-order chi connectivity index (χ1) is 3.42. The molecule has 0 unspecified atom stereocenters. The Bertz CT molecular complexity index is 110. The second-order valence-electron chi connectivity index (χ2n) is 2.38. The van der Waals surface area contributed by atoms with Gasteiger partial charge in [0.25, 0.3) is 0 Å². The zero-order valence-electron chi connectivity index (χ0n) is 10.4. The van der Waals surface area contributed by atoms with E-state index in [1.165, 1.54) is 13.8 Å². The molecule has 0 aliphatic carbocycles. The summed E-state index contributed by atoms with van der Waals surface area (Å²) in [4.78, 5) is 9.85. The Morgan fingerprint density at radius 3 is 1.80 bits per heavy atom. The van der Waals surface area contributed by atoms with Crippen molar-refractivity contribution in [1.82, 2.24) is 0 Å². The summed E-state index contributed by atoms with van der Waals surface area (Å²) in [5.41, 5.74) is -1.08. The Balaban J connectivity index is -0.0000000163. The number of hydrogen-bond acceptors (Lipinski definition) is 2. The SMILES string of the molecule is CC(C)(O)CC(=O)O.[Ca+2].[Ca+2].[H-].[H-].[H-].[H-]. The fourth-order valence-electron chi connectivity index (χ4n) is 0.370. The number of rotatable bonds is 2. The minimum Gasteiger partial charge on any atom is -1.00 e. The van der Waals surface area contributed by atoms with Crippen LogP contribution in [0.25, 0.3) is 0 Å². The molecule has 56 valence electrons. The predicted molar refractivity (Wildman–Crippen MR) is 44.5 cm³/mol. The minimum atomic E-state index is -1.08. The van der Waals surface area contributed by atoms with Gasteiger partial charge in [0.15, 0.2) is 0 Å². The molecule has 0 aromatic rings. The number of aliphatic carboxylic acids is 1. The summed E-state index contributed by atoms with van der Waals surface area (Å²) in [5.74, 6) is -0.975. The first-order valence-electron chi connectivity index (χ1n) is 2.36.